The van der Waals surface area contributed by atoms with Crippen molar-refractivity contribution in [2.75, 3.05) is 5.32 Å². The number of nitro benzene ring substituents is 1. The molecule has 2 rings (SSSR count). The van der Waals surface area contributed by atoms with Gasteiger partial charge in [-0.3, -0.25) is 10.1 Å². The first-order valence-electron chi connectivity index (χ1n) is 6.72. The summed E-state index contributed by atoms with van der Waals surface area (Å²) in [7, 11) is 0. The molecule has 1 aromatic heterocycles. The van der Waals surface area contributed by atoms with Crippen molar-refractivity contribution in [1.29, 1.82) is 0 Å². The largest absolute Gasteiger partial charge is 0.433 e. The van der Waals surface area contributed by atoms with E-state index in [1.807, 2.05) is 0 Å². The third-order valence-electron chi connectivity index (χ3n) is 3.14. The lowest BCUT2D eigenvalue weighted by Gasteiger charge is -2.17. The smallest absolute Gasteiger partial charge is 0.347 e. The average Bonchev–Trinajstić information content (AvgIpc) is 2.52. The summed E-state index contributed by atoms with van der Waals surface area (Å²) < 4.78 is 38.0. The molecule has 0 amide bonds. The van der Waals surface area contributed by atoms with Gasteiger partial charge in [-0.25, -0.2) is 9.97 Å². The molecule has 0 aliphatic carbocycles. The molecule has 0 aliphatic rings. The number of aromatic nitrogens is 2. The Morgan fingerprint density at radius 3 is 2.70 bits per heavy atom. The monoisotopic (exact) mass is 326 g/mol. The van der Waals surface area contributed by atoms with Gasteiger partial charge >= 0.3 is 6.18 Å². The van der Waals surface area contributed by atoms with Crippen LogP contribution in [0.2, 0.25) is 0 Å². The lowest BCUT2D eigenvalue weighted by Crippen LogP contribution is -2.15. The van der Waals surface area contributed by atoms with Crippen molar-refractivity contribution >= 4 is 11.6 Å². The Hall–Kier alpha value is -2.71. The Bertz CT molecular complexity index is 706. The molecule has 1 N–H and O–H groups in total. The Kier molecular flexibility index (Phi) is 4.77. The number of non-ortho nitro benzene ring substituents is 1. The maximum absolute atomic E-state index is 12.7. The highest BCUT2D eigenvalue weighted by Crippen LogP contribution is 2.29. The number of benzene rings is 1. The predicted octanol–water partition coefficient (Wildman–Crippen LogP) is 3.97. The van der Waals surface area contributed by atoms with Crippen LogP contribution in [0.25, 0.3) is 0 Å². The number of nitro groups is 1. The second kappa shape index (κ2) is 6.59. The van der Waals surface area contributed by atoms with Crippen LogP contribution in [0.5, 0.6) is 0 Å². The molecule has 23 heavy (non-hydrogen) atoms. The molecule has 0 fully saturated rings. The molecule has 0 aliphatic heterocycles. The van der Waals surface area contributed by atoms with Gasteiger partial charge in [-0.1, -0.05) is 19.1 Å². The molecule has 0 bridgehead atoms. The van der Waals surface area contributed by atoms with Crippen LogP contribution in [-0.4, -0.2) is 14.9 Å². The molecule has 9 heteroatoms. The molecule has 0 radical (unpaired) electrons. The van der Waals surface area contributed by atoms with E-state index >= 15 is 0 Å². The highest BCUT2D eigenvalue weighted by Gasteiger charge is 2.33. The van der Waals surface area contributed by atoms with Crippen LogP contribution in [0.15, 0.2) is 36.5 Å². The normalized spacial score (nSPS) is 12.7. The van der Waals surface area contributed by atoms with E-state index in [4.69, 9.17) is 0 Å². The summed E-state index contributed by atoms with van der Waals surface area (Å²) in [5, 5.41) is 13.6. The quantitative estimate of drug-likeness (QED) is 0.664. The fraction of sp³-hybridized carbons (Fsp3) is 0.286. The molecular weight excluding hydrogens is 313 g/mol. The van der Waals surface area contributed by atoms with Crippen LogP contribution in [0.4, 0.5) is 24.8 Å². The van der Waals surface area contributed by atoms with Gasteiger partial charge in [0.05, 0.1) is 11.0 Å². The van der Waals surface area contributed by atoms with Gasteiger partial charge in [0.25, 0.3) is 5.69 Å². The van der Waals surface area contributed by atoms with Crippen LogP contribution in [0.3, 0.4) is 0 Å². The minimum absolute atomic E-state index is 0.0901. The van der Waals surface area contributed by atoms with Gasteiger partial charge in [0.2, 0.25) is 5.95 Å². The standard InChI is InChI=1S/C14H13F3N4O2/c1-2-11(9-4-3-5-10(8-9)21(22)23)19-13-18-7-6-12(20-13)14(15,16)17/h3-8,11H,2H2,1H3,(H,18,19,20). The van der Waals surface area contributed by atoms with Crippen LogP contribution in [-0.2, 0) is 6.18 Å². The number of hydrogen-bond donors (Lipinski definition) is 1. The summed E-state index contributed by atoms with van der Waals surface area (Å²) >= 11 is 0. The van der Waals surface area contributed by atoms with Crippen LogP contribution < -0.4 is 5.32 Å². The highest BCUT2D eigenvalue weighted by molar-refractivity contribution is 5.39. The molecule has 1 heterocycles. The fourth-order valence-corrected chi connectivity index (χ4v) is 2.02. The van der Waals surface area contributed by atoms with E-state index in [9.17, 15) is 23.3 Å². The number of halogens is 3. The number of rotatable bonds is 5. The van der Waals surface area contributed by atoms with Gasteiger partial charge in [0.15, 0.2) is 0 Å². The second-order valence-electron chi connectivity index (χ2n) is 4.72. The summed E-state index contributed by atoms with van der Waals surface area (Å²) in [6.45, 7) is 1.80. The molecule has 1 unspecified atom stereocenters. The zero-order valence-electron chi connectivity index (χ0n) is 12.0. The van der Waals surface area contributed by atoms with E-state index in [0.717, 1.165) is 12.3 Å². The lowest BCUT2D eigenvalue weighted by molar-refractivity contribution is -0.384. The molecule has 0 saturated heterocycles. The summed E-state index contributed by atoms with van der Waals surface area (Å²) in [6, 6.07) is 6.22. The molecule has 1 aromatic carbocycles. The third kappa shape index (κ3) is 4.15. The lowest BCUT2D eigenvalue weighted by atomic mass is 10.0. The number of anilines is 1. The topological polar surface area (TPSA) is 81.0 Å². The zero-order chi connectivity index (χ0) is 17.0. The minimum Gasteiger partial charge on any atom is -0.347 e. The number of hydrogen-bond acceptors (Lipinski definition) is 5. The van der Waals surface area contributed by atoms with Gasteiger partial charge < -0.3 is 5.32 Å². The van der Waals surface area contributed by atoms with Gasteiger partial charge in [-0.2, -0.15) is 13.2 Å². The van der Waals surface area contributed by atoms with Crippen LogP contribution in [0.1, 0.15) is 30.6 Å². The first-order valence-corrected chi connectivity index (χ1v) is 6.72. The fourth-order valence-electron chi connectivity index (χ4n) is 2.02. The van der Waals surface area contributed by atoms with Gasteiger partial charge in [0, 0.05) is 18.3 Å². The van der Waals surface area contributed by atoms with Crippen molar-refractivity contribution in [3.05, 3.63) is 57.9 Å². The Morgan fingerprint density at radius 2 is 2.09 bits per heavy atom. The molecule has 1 atom stereocenters. The zero-order valence-corrected chi connectivity index (χ0v) is 12.0. The summed E-state index contributed by atoms with van der Waals surface area (Å²) in [5.41, 5.74) is -0.570. The van der Waals surface area contributed by atoms with E-state index < -0.39 is 22.8 Å². The van der Waals surface area contributed by atoms with Gasteiger partial charge in [-0.15, -0.1) is 0 Å². The van der Waals surface area contributed by atoms with E-state index in [2.05, 4.69) is 15.3 Å². The van der Waals surface area contributed by atoms with Gasteiger partial charge in [0.1, 0.15) is 5.69 Å². The first-order chi connectivity index (χ1) is 10.8. The highest BCUT2D eigenvalue weighted by atomic mass is 19.4. The number of alkyl halides is 3. The maximum atomic E-state index is 12.7. The third-order valence-corrected chi connectivity index (χ3v) is 3.14. The number of nitrogens with one attached hydrogen (secondary N) is 1. The van der Waals surface area contributed by atoms with Crippen LogP contribution in [0, 0.1) is 10.1 Å². The number of nitrogens with zero attached hydrogens (tertiary/aromatic N) is 3. The molecule has 122 valence electrons. The minimum atomic E-state index is -4.56. The van der Waals surface area contributed by atoms with Crippen molar-refractivity contribution in [3.63, 3.8) is 0 Å². The Labute approximate surface area is 129 Å². The summed E-state index contributed by atoms with van der Waals surface area (Å²) in [5.74, 6) is -0.182. The Morgan fingerprint density at radius 1 is 1.35 bits per heavy atom. The van der Waals surface area contributed by atoms with Gasteiger partial charge in [-0.05, 0) is 18.1 Å². The average molecular weight is 326 g/mol. The van der Waals surface area contributed by atoms with Crippen LogP contribution >= 0.6 is 0 Å². The van der Waals surface area contributed by atoms with Crippen molar-refractivity contribution < 1.29 is 18.1 Å². The van der Waals surface area contributed by atoms with E-state index in [0.29, 0.717) is 12.0 Å². The van der Waals surface area contributed by atoms with Crippen molar-refractivity contribution in [3.8, 4) is 0 Å². The maximum Gasteiger partial charge on any atom is 0.433 e. The SMILES string of the molecule is CCC(Nc1nccc(C(F)(F)F)n1)c1cccc([N+](=O)[O-])c1. The van der Waals surface area contributed by atoms with E-state index in [1.54, 1.807) is 13.0 Å². The Balaban J connectivity index is 2.26. The van der Waals surface area contributed by atoms with E-state index in [1.165, 1.54) is 18.2 Å². The molecule has 6 nitrogen and oxygen atoms in total. The first kappa shape index (κ1) is 16.7. The summed E-state index contributed by atoms with van der Waals surface area (Å²) in [4.78, 5) is 17.5. The second-order valence-corrected chi connectivity index (χ2v) is 4.72. The molecule has 2 aromatic rings. The van der Waals surface area contributed by atoms with Crippen molar-refractivity contribution in [1.82, 2.24) is 9.97 Å². The van der Waals surface area contributed by atoms with Crippen molar-refractivity contribution in [2.45, 2.75) is 25.6 Å². The summed E-state index contributed by atoms with van der Waals surface area (Å²) in [6.07, 6.45) is -3.06. The molecular formula is C14H13F3N4O2. The molecule has 0 spiro atoms. The van der Waals surface area contributed by atoms with E-state index in [-0.39, 0.29) is 11.6 Å². The molecule has 0 saturated carbocycles. The van der Waals surface area contributed by atoms with Crippen molar-refractivity contribution in [2.24, 2.45) is 0 Å². The predicted molar refractivity (Wildman–Crippen MR) is 76.8 cm³/mol.